The van der Waals surface area contributed by atoms with Gasteiger partial charge in [-0.1, -0.05) is 72.8 Å². The van der Waals surface area contributed by atoms with Crippen molar-refractivity contribution < 1.29 is 63.5 Å². The first kappa shape index (κ1) is 87.0. The van der Waals surface area contributed by atoms with E-state index in [-0.39, 0.29) is 47.9 Å². The number of halogens is 8. The molecule has 20 nitrogen and oxygen atoms in total. The van der Waals surface area contributed by atoms with Gasteiger partial charge in [-0.15, -0.1) is 0 Å². The summed E-state index contributed by atoms with van der Waals surface area (Å²) in [6.07, 6.45) is 38.7. The lowest BCUT2D eigenvalue weighted by molar-refractivity contribution is -0.0155. The Morgan fingerprint density at radius 3 is 0.781 bits per heavy atom. The van der Waals surface area contributed by atoms with Crippen molar-refractivity contribution in [3.63, 3.8) is 0 Å². The van der Waals surface area contributed by atoms with Crippen molar-refractivity contribution in [2.45, 2.75) is 224 Å². The average Bonchev–Trinajstić information content (AvgIpc) is 1.57. The van der Waals surface area contributed by atoms with Gasteiger partial charge in [0.2, 0.25) is 0 Å². The summed E-state index contributed by atoms with van der Waals surface area (Å²) in [5.74, 6) is -0.433. The van der Waals surface area contributed by atoms with Gasteiger partial charge < -0.3 is 55.8 Å². The molecule has 8 aromatic heterocycles. The van der Waals surface area contributed by atoms with E-state index < -0.39 is 34.0 Å². The second kappa shape index (κ2) is 37.6. The number of pyridine rings is 2. The van der Waals surface area contributed by atoms with Gasteiger partial charge in [0, 0.05) is 213 Å². The fourth-order valence-corrected chi connectivity index (χ4v) is 21.5. The Morgan fingerprint density at radius 2 is 0.484 bits per heavy atom. The number of rotatable bonds is 18. The third-order valence-electron chi connectivity index (χ3n) is 28.9. The van der Waals surface area contributed by atoms with E-state index in [1.807, 2.05) is 108 Å². The molecule has 128 heavy (non-hydrogen) atoms. The summed E-state index contributed by atoms with van der Waals surface area (Å²) in [5.41, 5.74) is 12.2. The van der Waals surface area contributed by atoms with Crippen LogP contribution in [0.4, 0.5) is 35.1 Å². The molecule has 0 N–H and O–H groups in total. The summed E-state index contributed by atoms with van der Waals surface area (Å²) >= 11 is 0. The molecule has 0 radical (unpaired) electrons. The minimum absolute atomic E-state index is 0.106. The lowest BCUT2D eigenvalue weighted by Crippen LogP contribution is -2.32. The molecule has 20 heterocycles. The van der Waals surface area contributed by atoms with Crippen LogP contribution in [0.3, 0.4) is 0 Å². The number of benzene rings is 4. The standard InChI is InChI=1S/2C17H18F2N2O.2C17H19FN2O.2C16H18FN3O/c2*18-13-3-1-2-12-15-10-20-11-21(15)14(16(12)13)4-5-17(19)6-8-22-9-7-17;2*18-17(7-9-21-10-8-17)6-5-15-13-3-1-2-4-14(13)16-11-19-12-20(15)16;2*17-16(5-8-21-9-6-16)4-3-13-15-12(2-1-7-19-15)14-10-18-11-20(13)14/h2*1-3,10-11,14H,4-9H2;2*1-4,11-12,15H,5-10H2;2*1-2,7,10-11,13H,3-6,8-9H2. The molecule has 12 aliphatic rings. The number of alkyl halides is 6. The molecule has 0 bridgehead atoms. The summed E-state index contributed by atoms with van der Waals surface area (Å²) < 4.78 is 162. The van der Waals surface area contributed by atoms with Crippen LogP contribution in [0, 0.1) is 11.6 Å². The Kier molecular flexibility index (Phi) is 25.6. The van der Waals surface area contributed by atoms with E-state index >= 15 is 0 Å². The molecular formula is C100H110F8N14O6. The van der Waals surface area contributed by atoms with Gasteiger partial charge in [0.1, 0.15) is 45.6 Å². The highest BCUT2D eigenvalue weighted by Crippen LogP contribution is 2.51. The van der Waals surface area contributed by atoms with Crippen LogP contribution < -0.4 is 0 Å². The number of imidazole rings is 6. The number of ether oxygens (including phenoxy) is 6. The Labute approximate surface area is 740 Å². The summed E-state index contributed by atoms with van der Waals surface area (Å²) in [4.78, 5) is 34.3. The van der Waals surface area contributed by atoms with Crippen LogP contribution in [-0.2, 0) is 28.4 Å². The topological polar surface area (TPSA) is 188 Å². The van der Waals surface area contributed by atoms with Gasteiger partial charge in [0.05, 0.1) is 157 Å². The quantitative estimate of drug-likeness (QED) is 0.0738. The minimum atomic E-state index is -1.19. The van der Waals surface area contributed by atoms with Crippen molar-refractivity contribution in [1.29, 1.82) is 0 Å². The van der Waals surface area contributed by atoms with Crippen LogP contribution in [0.25, 0.3) is 67.5 Å². The number of aromatic nitrogens is 14. The molecule has 24 rings (SSSR count). The van der Waals surface area contributed by atoms with Crippen molar-refractivity contribution >= 4 is 0 Å². The van der Waals surface area contributed by atoms with Crippen LogP contribution in [0.5, 0.6) is 0 Å². The lowest BCUT2D eigenvalue weighted by atomic mass is 9.88. The van der Waals surface area contributed by atoms with Gasteiger partial charge in [-0.2, -0.15) is 0 Å². The van der Waals surface area contributed by atoms with E-state index in [0.717, 1.165) is 93.5 Å². The Balaban J connectivity index is 0.0000000999. The molecule has 6 fully saturated rings. The van der Waals surface area contributed by atoms with E-state index in [9.17, 15) is 35.1 Å². The van der Waals surface area contributed by atoms with E-state index in [1.54, 1.807) is 37.2 Å². The number of fused-ring (bicyclic) bond motifs is 18. The first-order valence-electron chi connectivity index (χ1n) is 45.8. The van der Waals surface area contributed by atoms with E-state index in [1.165, 1.54) is 34.4 Å². The number of nitrogens with zero attached hydrogens (tertiary/aromatic N) is 14. The van der Waals surface area contributed by atoms with E-state index in [4.69, 9.17) is 28.4 Å². The molecule has 0 amide bonds. The zero-order valence-electron chi connectivity index (χ0n) is 72.1. The zero-order chi connectivity index (χ0) is 87.5. The van der Waals surface area contributed by atoms with Crippen LogP contribution in [0.1, 0.15) is 224 Å². The third-order valence-corrected chi connectivity index (χ3v) is 28.9. The highest BCUT2D eigenvalue weighted by atomic mass is 19.2. The van der Waals surface area contributed by atoms with E-state index in [0.29, 0.717) is 219 Å². The summed E-state index contributed by atoms with van der Waals surface area (Å²) in [6.45, 7) is 6.23. The Bertz CT molecular complexity index is 5190. The Hall–Kier alpha value is -10.4. The van der Waals surface area contributed by atoms with Gasteiger partial charge in [-0.25, -0.2) is 65.0 Å². The molecule has 4 aromatic carbocycles. The maximum absolute atomic E-state index is 14.8. The van der Waals surface area contributed by atoms with Gasteiger partial charge in [0.25, 0.3) is 0 Å². The van der Waals surface area contributed by atoms with Crippen molar-refractivity contribution in [3.8, 4) is 67.5 Å². The highest BCUT2D eigenvalue weighted by Gasteiger charge is 2.44. The third kappa shape index (κ3) is 18.1. The maximum Gasteiger partial charge on any atom is 0.129 e. The first-order chi connectivity index (χ1) is 62.4. The molecule has 6 atom stereocenters. The summed E-state index contributed by atoms with van der Waals surface area (Å²) in [7, 11) is 0. The second-order valence-electron chi connectivity index (χ2n) is 36.5. The predicted octanol–water partition coefficient (Wildman–Crippen LogP) is 21.6. The molecule has 0 saturated carbocycles. The monoisotopic (exact) mass is 1750 g/mol. The number of hydrogen-bond acceptors (Lipinski definition) is 14. The van der Waals surface area contributed by atoms with Gasteiger partial charge in [0.15, 0.2) is 0 Å². The molecule has 12 aliphatic heterocycles. The van der Waals surface area contributed by atoms with Crippen LogP contribution in [-0.4, -0.2) is 181 Å². The second-order valence-corrected chi connectivity index (χ2v) is 36.5. The minimum Gasteiger partial charge on any atom is -0.381 e. The first-order valence-corrected chi connectivity index (χ1v) is 45.8. The molecule has 0 spiro atoms. The largest absolute Gasteiger partial charge is 0.381 e. The lowest BCUT2D eigenvalue weighted by Gasteiger charge is -2.30. The maximum atomic E-state index is 14.8. The van der Waals surface area contributed by atoms with Crippen LogP contribution in [0.2, 0.25) is 0 Å². The van der Waals surface area contributed by atoms with Crippen molar-refractivity contribution in [2.75, 3.05) is 79.3 Å². The molecule has 28 heteroatoms. The van der Waals surface area contributed by atoms with Crippen molar-refractivity contribution in [2.24, 2.45) is 0 Å². The van der Waals surface area contributed by atoms with Gasteiger partial charge in [-0.3, -0.25) is 9.97 Å². The zero-order valence-corrected chi connectivity index (χ0v) is 72.1. The van der Waals surface area contributed by atoms with Crippen LogP contribution in [0.15, 0.2) is 197 Å². The van der Waals surface area contributed by atoms with Crippen molar-refractivity contribution in [1.82, 2.24) is 67.3 Å². The Morgan fingerprint density at radius 1 is 0.258 bits per heavy atom. The number of hydrogen-bond donors (Lipinski definition) is 0. The van der Waals surface area contributed by atoms with Gasteiger partial charge in [-0.05, 0) is 125 Å². The molecular weight excluding hydrogens is 1650 g/mol. The van der Waals surface area contributed by atoms with E-state index in [2.05, 4.69) is 107 Å². The van der Waals surface area contributed by atoms with Gasteiger partial charge >= 0.3 is 0 Å². The smallest absolute Gasteiger partial charge is 0.129 e. The summed E-state index contributed by atoms with van der Waals surface area (Å²) in [6, 6.07) is 35.3. The highest BCUT2D eigenvalue weighted by molar-refractivity contribution is 5.73. The normalized spacial score (nSPS) is 22.7. The molecule has 6 unspecified atom stereocenters. The van der Waals surface area contributed by atoms with Crippen LogP contribution >= 0.6 is 0 Å². The summed E-state index contributed by atoms with van der Waals surface area (Å²) in [5, 5.41) is 0. The van der Waals surface area contributed by atoms with Crippen molar-refractivity contribution in [3.05, 3.63) is 242 Å². The molecule has 6 saturated heterocycles. The SMILES string of the molecule is FC1(CCC2c3ccccc3-c3cncn32)CCOCC1.FC1(CCC2c3ccccc3-c3cncn32)CCOCC1.FC1(CCC2c3ncccc3-c3cncn32)CCOCC1.FC1(CCC2c3ncccc3-c3cncn32)CCOCC1.Fc1cccc2c1C(CCC1(F)CCOCC1)n1cncc1-2.Fc1cccc2c1C(CCC1(F)CCOCC1)n1cncc1-2. The molecule has 672 valence electrons. The molecule has 12 aromatic rings. The molecule has 0 aliphatic carbocycles. The fraction of sp³-hybridized carbons (Fsp3) is 0.480. The predicted molar refractivity (Wildman–Crippen MR) is 469 cm³/mol. The fourth-order valence-electron chi connectivity index (χ4n) is 21.5. The average molecular weight is 1760 g/mol.